The van der Waals surface area contributed by atoms with Crippen LogP contribution in [0.1, 0.15) is 5.56 Å². The van der Waals surface area contributed by atoms with E-state index in [-0.39, 0.29) is 16.7 Å². The van der Waals surface area contributed by atoms with E-state index in [0.717, 1.165) is 23.9 Å². The second kappa shape index (κ2) is 6.19. The maximum Gasteiger partial charge on any atom is 0.458 e. The Balaban J connectivity index is 1.91. The predicted molar refractivity (Wildman–Crippen MR) is 87.9 cm³/mol. The van der Waals surface area contributed by atoms with E-state index in [4.69, 9.17) is 0 Å². The predicted octanol–water partition coefficient (Wildman–Crippen LogP) is 2.82. The van der Waals surface area contributed by atoms with E-state index in [1.54, 1.807) is 0 Å². The molecule has 0 radical (unpaired) electrons. The lowest BCUT2D eigenvalue weighted by Crippen LogP contribution is -2.45. The molecule has 1 aromatic carbocycles. The monoisotopic (exact) mass is 404 g/mol. The molecule has 0 spiro atoms. The highest BCUT2D eigenvalue weighted by atomic mass is 19.4. The summed E-state index contributed by atoms with van der Waals surface area (Å²) < 4.78 is 80.9. The molecule has 2 aromatic heterocycles. The number of benzene rings is 1. The quantitative estimate of drug-likeness (QED) is 0.615. The van der Waals surface area contributed by atoms with Crippen LogP contribution >= 0.6 is 0 Å². The molecule has 0 bridgehead atoms. The number of alkyl halides is 5. The van der Waals surface area contributed by atoms with Gasteiger partial charge in [-0.2, -0.15) is 27.1 Å². The molecule has 6 nitrogen and oxygen atoms in total. The molecule has 0 atom stereocenters. The fraction of sp³-hybridized carbons (Fsp3) is 0.438. The highest BCUT2D eigenvalue weighted by Gasteiger charge is 2.60. The van der Waals surface area contributed by atoms with Crippen molar-refractivity contribution in [3.8, 4) is 0 Å². The number of fused-ring (bicyclic) bond motifs is 3. The number of anilines is 1. The number of nitrogens with zero attached hydrogens (tertiary/aromatic N) is 6. The molecule has 1 saturated heterocycles. The van der Waals surface area contributed by atoms with Crippen LogP contribution in [0.25, 0.3) is 16.7 Å². The van der Waals surface area contributed by atoms with Crippen LogP contribution in [0.3, 0.4) is 0 Å². The molecule has 4 rings (SSSR count). The summed E-state index contributed by atoms with van der Waals surface area (Å²) in [6, 6.07) is 1.01. The van der Waals surface area contributed by atoms with Crippen LogP contribution in [0.15, 0.2) is 18.5 Å². The number of hydrogen-bond acceptors (Lipinski definition) is 5. The van der Waals surface area contributed by atoms with Crippen molar-refractivity contribution in [3.05, 3.63) is 29.8 Å². The fourth-order valence-corrected chi connectivity index (χ4v) is 3.17. The molecular weight excluding hydrogens is 390 g/mol. The van der Waals surface area contributed by atoms with Crippen LogP contribution in [0.2, 0.25) is 0 Å². The van der Waals surface area contributed by atoms with Gasteiger partial charge in [0.25, 0.3) is 0 Å². The Morgan fingerprint density at radius 2 is 1.68 bits per heavy atom. The van der Waals surface area contributed by atoms with Crippen LogP contribution in [0.4, 0.5) is 32.2 Å². The van der Waals surface area contributed by atoms with Crippen molar-refractivity contribution in [2.75, 3.05) is 38.1 Å². The van der Waals surface area contributed by atoms with Gasteiger partial charge in [0.1, 0.15) is 12.1 Å². The number of hydrogen-bond donors (Lipinski definition) is 0. The van der Waals surface area contributed by atoms with Crippen molar-refractivity contribution in [3.63, 3.8) is 0 Å². The lowest BCUT2D eigenvalue weighted by atomic mass is 10.1. The smallest absolute Gasteiger partial charge is 0.351 e. The first-order valence-electron chi connectivity index (χ1n) is 8.31. The minimum absolute atomic E-state index is 0.0915. The van der Waals surface area contributed by atoms with Gasteiger partial charge in [-0.25, -0.2) is 18.9 Å². The van der Waals surface area contributed by atoms with Crippen molar-refractivity contribution < 1.29 is 26.3 Å². The molecule has 0 amide bonds. The zero-order chi connectivity index (χ0) is 20.3. The summed E-state index contributed by atoms with van der Waals surface area (Å²) in [5.74, 6) is -6.67. The Bertz CT molecular complexity index is 1040. The summed E-state index contributed by atoms with van der Waals surface area (Å²) in [5.41, 5.74) is -1.86. The third kappa shape index (κ3) is 2.82. The van der Waals surface area contributed by atoms with Crippen LogP contribution in [-0.2, 0) is 5.92 Å². The zero-order valence-corrected chi connectivity index (χ0v) is 14.5. The third-order valence-corrected chi connectivity index (χ3v) is 4.76. The van der Waals surface area contributed by atoms with Crippen molar-refractivity contribution in [2.45, 2.75) is 12.1 Å². The molecule has 0 unspecified atom stereocenters. The highest BCUT2D eigenvalue weighted by molar-refractivity contribution is 5.83. The van der Waals surface area contributed by atoms with E-state index in [9.17, 15) is 26.3 Å². The Hall–Kier alpha value is -2.63. The van der Waals surface area contributed by atoms with Gasteiger partial charge in [-0.05, 0) is 13.1 Å². The number of likely N-dealkylation sites (N-methyl/N-ethyl adjacent to an activating group) is 1. The first-order valence-corrected chi connectivity index (χ1v) is 8.31. The highest BCUT2D eigenvalue weighted by Crippen LogP contribution is 2.45. The Morgan fingerprint density at radius 3 is 2.32 bits per heavy atom. The minimum atomic E-state index is -5.93. The summed E-state index contributed by atoms with van der Waals surface area (Å²) in [7, 11) is 1.95. The van der Waals surface area contributed by atoms with Gasteiger partial charge in [0.15, 0.2) is 11.5 Å². The largest absolute Gasteiger partial charge is 0.458 e. The summed E-state index contributed by atoms with van der Waals surface area (Å²) >= 11 is 0. The molecule has 3 heterocycles. The zero-order valence-electron chi connectivity index (χ0n) is 14.5. The molecule has 150 valence electrons. The van der Waals surface area contributed by atoms with Gasteiger partial charge in [-0.15, -0.1) is 0 Å². The Kier molecular flexibility index (Phi) is 4.14. The third-order valence-electron chi connectivity index (χ3n) is 4.76. The lowest BCUT2D eigenvalue weighted by molar-refractivity contribution is -0.290. The summed E-state index contributed by atoms with van der Waals surface area (Å²) in [6.07, 6.45) is -4.79. The SMILES string of the molecule is CN1CCN(c2nc3cc(F)c(C(F)(F)C(F)(F)F)cc3n3ncnc23)CC1. The first-order chi connectivity index (χ1) is 13.1. The summed E-state index contributed by atoms with van der Waals surface area (Å²) in [4.78, 5) is 12.3. The van der Waals surface area contributed by atoms with E-state index in [2.05, 4.69) is 20.0 Å². The second-order valence-corrected chi connectivity index (χ2v) is 6.61. The molecule has 12 heteroatoms. The maximum atomic E-state index is 14.2. The van der Waals surface area contributed by atoms with E-state index in [1.165, 1.54) is 0 Å². The summed E-state index contributed by atoms with van der Waals surface area (Å²) in [6.45, 7) is 2.69. The van der Waals surface area contributed by atoms with E-state index in [1.807, 2.05) is 11.9 Å². The van der Waals surface area contributed by atoms with Crippen molar-refractivity contribution in [1.82, 2.24) is 24.5 Å². The summed E-state index contributed by atoms with van der Waals surface area (Å²) in [5, 5.41) is 3.91. The van der Waals surface area contributed by atoms with Crippen LogP contribution in [0.5, 0.6) is 0 Å². The Labute approximate surface area is 154 Å². The van der Waals surface area contributed by atoms with Gasteiger partial charge in [0.05, 0.1) is 16.6 Å². The fourth-order valence-electron chi connectivity index (χ4n) is 3.17. The first kappa shape index (κ1) is 18.7. The average Bonchev–Trinajstić information content (AvgIpc) is 3.10. The molecule has 1 fully saturated rings. The number of piperazine rings is 1. The molecule has 28 heavy (non-hydrogen) atoms. The lowest BCUT2D eigenvalue weighted by Gasteiger charge is -2.33. The Morgan fingerprint density at radius 1 is 1.00 bits per heavy atom. The molecule has 0 N–H and O–H groups in total. The topological polar surface area (TPSA) is 49.6 Å². The van der Waals surface area contributed by atoms with E-state index >= 15 is 0 Å². The van der Waals surface area contributed by atoms with Gasteiger partial charge in [-0.1, -0.05) is 0 Å². The molecule has 1 aliphatic rings. The normalized spacial score (nSPS) is 17.0. The van der Waals surface area contributed by atoms with Crippen molar-refractivity contribution in [1.29, 1.82) is 0 Å². The molecule has 0 saturated carbocycles. The van der Waals surface area contributed by atoms with Crippen LogP contribution in [-0.4, -0.2) is 63.9 Å². The van der Waals surface area contributed by atoms with Crippen molar-refractivity contribution in [2.24, 2.45) is 0 Å². The average molecular weight is 404 g/mol. The second-order valence-electron chi connectivity index (χ2n) is 6.61. The van der Waals surface area contributed by atoms with Gasteiger partial charge >= 0.3 is 12.1 Å². The minimum Gasteiger partial charge on any atom is -0.351 e. The number of halogens is 6. The van der Waals surface area contributed by atoms with Gasteiger partial charge < -0.3 is 9.80 Å². The molecular formula is C16H14F6N6. The standard InChI is InChI=1S/C16H14F6N6/c1-26-2-4-27(5-3-26)14-13-23-8-24-28(13)12-6-9(10(17)7-11(12)25-14)15(18,19)16(20,21)22/h6-8H,2-5H2,1H3. The van der Waals surface area contributed by atoms with Crippen molar-refractivity contribution >= 4 is 22.5 Å². The van der Waals surface area contributed by atoms with Crippen LogP contribution < -0.4 is 4.90 Å². The molecule has 0 aliphatic carbocycles. The van der Waals surface area contributed by atoms with Gasteiger partial charge in [0.2, 0.25) is 0 Å². The number of rotatable bonds is 2. The van der Waals surface area contributed by atoms with Gasteiger partial charge in [0, 0.05) is 32.2 Å². The van der Waals surface area contributed by atoms with E-state index < -0.39 is 23.5 Å². The molecule has 1 aliphatic heterocycles. The van der Waals surface area contributed by atoms with Gasteiger partial charge in [-0.3, -0.25) is 0 Å². The maximum absolute atomic E-state index is 14.2. The number of aromatic nitrogens is 4. The van der Waals surface area contributed by atoms with Crippen LogP contribution in [0, 0.1) is 5.82 Å². The molecule has 3 aromatic rings. The van der Waals surface area contributed by atoms with E-state index in [0.29, 0.717) is 31.0 Å².